The topological polar surface area (TPSA) is 155 Å². The van der Waals surface area contributed by atoms with E-state index in [1.807, 2.05) is 0 Å². The molecule has 150 valence electrons. The van der Waals surface area contributed by atoms with Crippen molar-refractivity contribution in [3.63, 3.8) is 0 Å². The first kappa shape index (κ1) is 20.9. The summed E-state index contributed by atoms with van der Waals surface area (Å²) in [7, 11) is 0. The zero-order valence-corrected chi connectivity index (χ0v) is 15.6. The molecule has 0 aliphatic carbocycles. The number of Topliss-reactive ketones (excluding diaryl/α,β-unsaturated/α-hetero) is 1. The van der Waals surface area contributed by atoms with E-state index < -0.39 is 12.1 Å². The molecule has 1 aromatic carbocycles. The number of ketones is 1. The third kappa shape index (κ3) is 5.79. The van der Waals surface area contributed by atoms with E-state index >= 15 is 0 Å². The molecule has 1 heterocycles. The molecule has 1 aliphatic rings. The highest BCUT2D eigenvalue weighted by atomic mass is 16.6. The summed E-state index contributed by atoms with van der Waals surface area (Å²) >= 11 is 0. The van der Waals surface area contributed by atoms with Gasteiger partial charge in [0, 0.05) is 25.5 Å². The number of amidine groups is 1. The number of nitrogens with two attached hydrogens (primary N) is 1. The van der Waals surface area contributed by atoms with Gasteiger partial charge >= 0.3 is 0 Å². The van der Waals surface area contributed by atoms with Crippen LogP contribution in [0, 0.1) is 0 Å². The van der Waals surface area contributed by atoms with Gasteiger partial charge in [-0.25, -0.2) is 0 Å². The number of oxime groups is 2. The normalized spacial score (nSPS) is 17.3. The summed E-state index contributed by atoms with van der Waals surface area (Å²) in [4.78, 5) is 40.0. The van der Waals surface area contributed by atoms with Crippen molar-refractivity contribution in [2.75, 3.05) is 6.54 Å². The van der Waals surface area contributed by atoms with Gasteiger partial charge in [0.1, 0.15) is 12.1 Å². The minimum atomic E-state index is -0.758. The Labute approximate surface area is 161 Å². The predicted molar refractivity (Wildman–Crippen MR) is 101 cm³/mol. The third-order valence-electron chi connectivity index (χ3n) is 4.14. The van der Waals surface area contributed by atoms with E-state index in [4.69, 9.17) is 15.8 Å². The lowest BCUT2D eigenvalue weighted by atomic mass is 10.0. The van der Waals surface area contributed by atoms with Crippen molar-refractivity contribution in [3.8, 4) is 0 Å². The van der Waals surface area contributed by atoms with Crippen LogP contribution in [0.4, 0.5) is 0 Å². The average Bonchev–Trinajstić information content (AvgIpc) is 3.12. The monoisotopic (exact) mass is 389 g/mol. The fraction of sp³-hybridized carbons (Fsp3) is 0.389. The van der Waals surface area contributed by atoms with Crippen molar-refractivity contribution in [2.45, 2.75) is 38.8 Å². The number of rotatable bonds is 8. The summed E-state index contributed by atoms with van der Waals surface area (Å²) in [5, 5.41) is 20.7. The highest BCUT2D eigenvalue weighted by Gasteiger charge is 2.25. The molecule has 2 rings (SSSR count). The molecule has 10 nitrogen and oxygen atoms in total. The molecule has 2 atom stereocenters. The summed E-state index contributed by atoms with van der Waals surface area (Å²) in [5.41, 5.74) is 7.59. The molecule has 0 fully saturated rings. The second kappa shape index (κ2) is 9.49. The third-order valence-corrected chi connectivity index (χ3v) is 4.14. The maximum Gasteiger partial charge on any atom is 0.223 e. The SMILES string of the molecule is CC(=O)NC(CNC(=O)CC1CC(c2ccc(/C(N)=N/O)cc2)=NO1)C(C)=O. The number of amides is 2. The predicted octanol–water partition coefficient (Wildman–Crippen LogP) is -0.126. The fourth-order valence-corrected chi connectivity index (χ4v) is 2.64. The van der Waals surface area contributed by atoms with Gasteiger partial charge in [0.2, 0.25) is 11.8 Å². The Hall–Kier alpha value is -3.43. The zero-order valence-electron chi connectivity index (χ0n) is 15.6. The van der Waals surface area contributed by atoms with Crippen molar-refractivity contribution < 1.29 is 24.4 Å². The summed E-state index contributed by atoms with van der Waals surface area (Å²) < 4.78 is 0. The van der Waals surface area contributed by atoms with Gasteiger partial charge in [-0.15, -0.1) is 0 Å². The van der Waals surface area contributed by atoms with Gasteiger partial charge in [-0.1, -0.05) is 34.6 Å². The summed E-state index contributed by atoms with van der Waals surface area (Å²) in [6, 6.07) is 6.16. The fourth-order valence-electron chi connectivity index (χ4n) is 2.64. The molecule has 10 heteroatoms. The number of nitrogens with zero attached hydrogens (tertiary/aromatic N) is 2. The van der Waals surface area contributed by atoms with Crippen molar-refractivity contribution in [2.24, 2.45) is 16.0 Å². The maximum absolute atomic E-state index is 12.1. The first-order valence-electron chi connectivity index (χ1n) is 8.65. The number of nitrogens with one attached hydrogen (secondary N) is 2. The summed E-state index contributed by atoms with van der Waals surface area (Å²) in [5.74, 6) is -0.882. The van der Waals surface area contributed by atoms with E-state index in [0.717, 1.165) is 5.56 Å². The van der Waals surface area contributed by atoms with E-state index in [0.29, 0.717) is 17.7 Å². The highest BCUT2D eigenvalue weighted by Crippen LogP contribution is 2.19. The molecule has 28 heavy (non-hydrogen) atoms. The smallest absolute Gasteiger partial charge is 0.223 e. The standard InChI is InChI=1S/C18H23N5O5/c1-10(24)16(21-11(2)25)9-20-17(26)8-14-7-15(23-28-14)12-3-5-13(6-4-12)18(19)22-27/h3-6,14,16,27H,7-9H2,1-2H3,(H2,19,22)(H,20,26)(H,21,25). The lowest BCUT2D eigenvalue weighted by Crippen LogP contribution is -2.47. The maximum atomic E-state index is 12.1. The van der Waals surface area contributed by atoms with Crippen molar-refractivity contribution in [1.29, 1.82) is 0 Å². The lowest BCUT2D eigenvalue weighted by Gasteiger charge is -2.16. The van der Waals surface area contributed by atoms with Gasteiger partial charge in [-0.05, 0) is 12.5 Å². The number of hydrogen-bond acceptors (Lipinski definition) is 7. The van der Waals surface area contributed by atoms with Crippen LogP contribution in [0.2, 0.25) is 0 Å². The van der Waals surface area contributed by atoms with E-state index in [1.54, 1.807) is 24.3 Å². The Morgan fingerprint density at radius 1 is 1.32 bits per heavy atom. The Morgan fingerprint density at radius 3 is 2.57 bits per heavy atom. The van der Waals surface area contributed by atoms with Crippen LogP contribution in [0.1, 0.15) is 37.8 Å². The van der Waals surface area contributed by atoms with E-state index in [9.17, 15) is 14.4 Å². The van der Waals surface area contributed by atoms with Crippen molar-refractivity contribution >= 4 is 29.1 Å². The number of carbonyl (C=O) groups is 3. The average molecular weight is 389 g/mol. The lowest BCUT2D eigenvalue weighted by molar-refractivity contribution is -0.127. The van der Waals surface area contributed by atoms with Crippen LogP contribution in [0.3, 0.4) is 0 Å². The van der Waals surface area contributed by atoms with Gasteiger partial charge in [0.25, 0.3) is 0 Å². The second-order valence-corrected chi connectivity index (χ2v) is 6.40. The van der Waals surface area contributed by atoms with Crippen molar-refractivity contribution in [1.82, 2.24) is 10.6 Å². The van der Waals surface area contributed by atoms with E-state index in [-0.39, 0.29) is 36.4 Å². The number of carbonyl (C=O) groups excluding carboxylic acids is 3. The Kier molecular flexibility index (Phi) is 7.08. The van der Waals surface area contributed by atoms with Crippen LogP contribution in [-0.4, -0.2) is 53.0 Å². The molecule has 0 bridgehead atoms. The van der Waals surface area contributed by atoms with Crippen LogP contribution in [0.25, 0.3) is 0 Å². The van der Waals surface area contributed by atoms with Crippen molar-refractivity contribution in [3.05, 3.63) is 35.4 Å². The molecule has 0 radical (unpaired) electrons. The minimum absolute atomic E-state index is 0.00818. The van der Waals surface area contributed by atoms with Gasteiger partial charge in [0.15, 0.2) is 11.6 Å². The molecular weight excluding hydrogens is 366 g/mol. The van der Waals surface area contributed by atoms with Gasteiger partial charge < -0.3 is 26.4 Å². The molecule has 0 saturated carbocycles. The Balaban J connectivity index is 1.84. The van der Waals surface area contributed by atoms with Gasteiger partial charge in [0.05, 0.1) is 12.1 Å². The highest BCUT2D eigenvalue weighted by molar-refractivity contribution is 6.03. The van der Waals surface area contributed by atoms with Crippen LogP contribution in [0.15, 0.2) is 34.6 Å². The Bertz CT molecular complexity index is 803. The molecular formula is C18H23N5O5. The van der Waals surface area contributed by atoms with E-state index in [2.05, 4.69) is 20.9 Å². The molecule has 5 N–H and O–H groups in total. The Morgan fingerprint density at radius 2 is 2.00 bits per heavy atom. The molecule has 2 unspecified atom stereocenters. The second-order valence-electron chi connectivity index (χ2n) is 6.40. The number of hydrogen-bond donors (Lipinski definition) is 4. The first-order chi connectivity index (χ1) is 13.3. The van der Waals surface area contributed by atoms with Crippen LogP contribution in [0.5, 0.6) is 0 Å². The zero-order chi connectivity index (χ0) is 20.7. The van der Waals surface area contributed by atoms with Gasteiger partial charge in [-0.3, -0.25) is 14.4 Å². The van der Waals surface area contributed by atoms with Crippen LogP contribution < -0.4 is 16.4 Å². The number of benzene rings is 1. The summed E-state index contributed by atoms with van der Waals surface area (Å²) in [6.45, 7) is 2.67. The molecule has 1 aromatic rings. The van der Waals surface area contributed by atoms with Crippen LogP contribution in [-0.2, 0) is 19.2 Å². The largest absolute Gasteiger partial charge is 0.409 e. The van der Waals surface area contributed by atoms with Gasteiger partial charge in [-0.2, -0.15) is 0 Å². The molecule has 1 aliphatic heterocycles. The molecule has 0 aromatic heterocycles. The molecule has 2 amide bonds. The minimum Gasteiger partial charge on any atom is -0.409 e. The molecule has 0 saturated heterocycles. The molecule has 0 spiro atoms. The first-order valence-corrected chi connectivity index (χ1v) is 8.65. The van der Waals surface area contributed by atoms with E-state index in [1.165, 1.54) is 13.8 Å². The van der Waals surface area contributed by atoms with Crippen LogP contribution >= 0.6 is 0 Å². The summed E-state index contributed by atoms with van der Waals surface area (Å²) in [6.07, 6.45) is 0.0909. The quantitative estimate of drug-likeness (QED) is 0.210.